The Morgan fingerprint density at radius 3 is 2.70 bits per heavy atom. The molecule has 1 N–H and O–H groups in total. The van der Waals surface area contributed by atoms with Crippen LogP contribution in [-0.4, -0.2) is 25.7 Å². The van der Waals surface area contributed by atoms with E-state index >= 15 is 0 Å². The summed E-state index contributed by atoms with van der Waals surface area (Å²) in [6.07, 6.45) is 3.53. The van der Waals surface area contributed by atoms with Gasteiger partial charge < -0.3 is 5.32 Å². The van der Waals surface area contributed by atoms with Gasteiger partial charge in [0.05, 0.1) is 29.5 Å². The molecule has 3 heterocycles. The number of hydrogen-bond acceptors (Lipinski definition) is 5. The zero-order chi connectivity index (χ0) is 21.1. The van der Waals surface area contributed by atoms with Gasteiger partial charge in [-0.15, -0.1) is 11.3 Å². The molecule has 0 fully saturated rings. The number of pyridine rings is 1. The Morgan fingerprint density at radius 1 is 1.17 bits per heavy atom. The highest BCUT2D eigenvalue weighted by molar-refractivity contribution is 7.10. The van der Waals surface area contributed by atoms with Crippen molar-refractivity contribution in [1.29, 1.82) is 0 Å². The Bertz CT molecular complexity index is 1150. The molecule has 3 aromatic heterocycles. The van der Waals surface area contributed by atoms with Crippen molar-refractivity contribution in [3.8, 4) is 11.3 Å². The molecule has 6 nitrogen and oxygen atoms in total. The van der Waals surface area contributed by atoms with Crippen molar-refractivity contribution in [2.45, 2.75) is 33.4 Å². The minimum absolute atomic E-state index is 0.130. The Kier molecular flexibility index (Phi) is 5.72. The van der Waals surface area contributed by atoms with Gasteiger partial charge in [-0.1, -0.05) is 30.3 Å². The summed E-state index contributed by atoms with van der Waals surface area (Å²) in [6, 6.07) is 13.8. The summed E-state index contributed by atoms with van der Waals surface area (Å²) >= 11 is 1.53. The SMILES string of the molecule is Cc1nn(Cc2ccccc2)c(C)c1C(=O)NC(C)c1nc(-c2cccnc2)cs1. The molecule has 0 saturated carbocycles. The van der Waals surface area contributed by atoms with Gasteiger partial charge in [-0.3, -0.25) is 14.5 Å². The van der Waals surface area contributed by atoms with Gasteiger partial charge >= 0.3 is 0 Å². The first kappa shape index (κ1) is 20.0. The summed E-state index contributed by atoms with van der Waals surface area (Å²) in [5.74, 6) is -0.130. The molecule has 1 unspecified atom stereocenters. The first-order chi connectivity index (χ1) is 14.5. The fourth-order valence-electron chi connectivity index (χ4n) is 3.40. The molecule has 4 aromatic rings. The maximum absolute atomic E-state index is 13.0. The number of amides is 1. The largest absolute Gasteiger partial charge is 0.343 e. The minimum atomic E-state index is -0.204. The lowest BCUT2D eigenvalue weighted by Crippen LogP contribution is -2.27. The molecular weight excluding hydrogens is 394 g/mol. The third-order valence-corrected chi connectivity index (χ3v) is 6.01. The van der Waals surface area contributed by atoms with Gasteiger partial charge in [0.25, 0.3) is 5.91 Å². The number of thiazole rings is 1. The van der Waals surface area contributed by atoms with Crippen molar-refractivity contribution in [3.63, 3.8) is 0 Å². The second kappa shape index (κ2) is 8.59. The number of nitrogens with zero attached hydrogens (tertiary/aromatic N) is 4. The Morgan fingerprint density at radius 2 is 1.97 bits per heavy atom. The van der Waals surface area contributed by atoms with Crippen LogP contribution in [0.2, 0.25) is 0 Å². The van der Waals surface area contributed by atoms with Gasteiger partial charge in [0.1, 0.15) is 5.01 Å². The van der Waals surface area contributed by atoms with E-state index in [1.807, 2.05) is 61.2 Å². The molecule has 152 valence electrons. The van der Waals surface area contributed by atoms with Crippen LogP contribution < -0.4 is 5.32 Å². The number of aromatic nitrogens is 4. The average molecular weight is 418 g/mol. The topological polar surface area (TPSA) is 72.7 Å². The lowest BCUT2D eigenvalue weighted by molar-refractivity contribution is 0.0938. The first-order valence-corrected chi connectivity index (χ1v) is 10.7. The van der Waals surface area contributed by atoms with Crippen molar-refractivity contribution in [1.82, 2.24) is 25.1 Å². The number of rotatable bonds is 6. The maximum atomic E-state index is 13.0. The molecule has 4 rings (SSSR count). The van der Waals surface area contributed by atoms with E-state index in [0.29, 0.717) is 12.1 Å². The van der Waals surface area contributed by atoms with Crippen LogP contribution in [0.15, 0.2) is 60.2 Å². The predicted molar refractivity (Wildman–Crippen MR) is 118 cm³/mol. The fraction of sp³-hybridized carbons (Fsp3) is 0.217. The summed E-state index contributed by atoms with van der Waals surface area (Å²) in [6.45, 7) is 6.39. The van der Waals surface area contributed by atoms with Crippen LogP contribution in [0.4, 0.5) is 0 Å². The van der Waals surface area contributed by atoms with Crippen molar-refractivity contribution >= 4 is 17.2 Å². The van der Waals surface area contributed by atoms with E-state index in [1.54, 1.807) is 12.4 Å². The molecule has 0 saturated heterocycles. The number of hydrogen-bond donors (Lipinski definition) is 1. The van der Waals surface area contributed by atoms with Crippen LogP contribution >= 0.6 is 11.3 Å². The Hall–Kier alpha value is -3.32. The number of carbonyl (C=O) groups excluding carboxylic acids is 1. The van der Waals surface area contributed by atoms with Gasteiger partial charge in [-0.25, -0.2) is 4.98 Å². The van der Waals surface area contributed by atoms with Crippen LogP contribution in [0, 0.1) is 13.8 Å². The third-order valence-electron chi connectivity index (χ3n) is 4.98. The molecular formula is C23H23N5OS. The van der Waals surface area contributed by atoms with Crippen LogP contribution in [0.1, 0.15) is 45.3 Å². The fourth-order valence-corrected chi connectivity index (χ4v) is 4.24. The standard InChI is InChI=1S/C23H23N5OS/c1-15-21(17(3)28(27-15)13-18-8-5-4-6-9-18)22(29)25-16(2)23-26-20(14-30-23)19-10-7-11-24-12-19/h4-12,14,16H,13H2,1-3H3,(H,25,29). The molecule has 7 heteroatoms. The maximum Gasteiger partial charge on any atom is 0.255 e. The number of nitrogens with one attached hydrogen (secondary N) is 1. The highest BCUT2D eigenvalue weighted by Crippen LogP contribution is 2.25. The van der Waals surface area contributed by atoms with Crippen LogP contribution in [0.25, 0.3) is 11.3 Å². The predicted octanol–water partition coefficient (Wildman–Crippen LogP) is 4.56. The average Bonchev–Trinajstić information content (AvgIpc) is 3.35. The van der Waals surface area contributed by atoms with Crippen molar-refractivity contribution in [2.24, 2.45) is 0 Å². The molecule has 0 radical (unpaired) electrons. The quantitative estimate of drug-likeness (QED) is 0.499. The third kappa shape index (κ3) is 4.16. The lowest BCUT2D eigenvalue weighted by atomic mass is 10.1. The van der Waals surface area contributed by atoms with E-state index < -0.39 is 0 Å². The van der Waals surface area contributed by atoms with Crippen LogP contribution in [0.5, 0.6) is 0 Å². The highest BCUT2D eigenvalue weighted by Gasteiger charge is 2.22. The summed E-state index contributed by atoms with van der Waals surface area (Å²) in [5, 5.41) is 10.5. The zero-order valence-electron chi connectivity index (χ0n) is 17.2. The minimum Gasteiger partial charge on any atom is -0.343 e. The molecule has 1 amide bonds. The molecule has 0 spiro atoms. The first-order valence-electron chi connectivity index (χ1n) is 9.77. The van der Waals surface area contributed by atoms with Crippen molar-refractivity contribution < 1.29 is 4.79 Å². The zero-order valence-corrected chi connectivity index (χ0v) is 18.0. The van der Waals surface area contributed by atoms with Gasteiger partial charge in [-0.2, -0.15) is 5.10 Å². The summed E-state index contributed by atoms with van der Waals surface area (Å²) < 4.78 is 1.88. The Balaban J connectivity index is 1.49. The van der Waals surface area contributed by atoms with Gasteiger partial charge in [0.2, 0.25) is 0 Å². The molecule has 0 aliphatic heterocycles. The molecule has 0 bridgehead atoms. The summed E-state index contributed by atoms with van der Waals surface area (Å²) in [4.78, 5) is 21.8. The van der Waals surface area contributed by atoms with Crippen molar-refractivity contribution in [2.75, 3.05) is 0 Å². The molecule has 1 aromatic carbocycles. The summed E-state index contributed by atoms with van der Waals surface area (Å²) in [7, 11) is 0. The van der Waals surface area contributed by atoms with Gasteiger partial charge in [0, 0.05) is 29.0 Å². The normalized spacial score (nSPS) is 12.0. The van der Waals surface area contributed by atoms with Crippen LogP contribution in [-0.2, 0) is 6.54 Å². The smallest absolute Gasteiger partial charge is 0.255 e. The van der Waals surface area contributed by atoms with Crippen molar-refractivity contribution in [3.05, 3.63) is 87.8 Å². The van der Waals surface area contributed by atoms with Crippen LogP contribution in [0.3, 0.4) is 0 Å². The molecule has 0 aliphatic rings. The molecule has 1 atom stereocenters. The Labute approximate surface area is 179 Å². The monoisotopic (exact) mass is 417 g/mol. The van der Waals surface area contributed by atoms with E-state index in [2.05, 4.69) is 32.5 Å². The lowest BCUT2D eigenvalue weighted by Gasteiger charge is -2.12. The second-order valence-electron chi connectivity index (χ2n) is 7.20. The van der Waals surface area contributed by atoms with Gasteiger partial charge in [0.15, 0.2) is 0 Å². The van der Waals surface area contributed by atoms with E-state index in [0.717, 1.165) is 33.2 Å². The van der Waals surface area contributed by atoms with E-state index in [9.17, 15) is 4.79 Å². The molecule has 30 heavy (non-hydrogen) atoms. The van der Waals surface area contributed by atoms with E-state index in [4.69, 9.17) is 0 Å². The van der Waals surface area contributed by atoms with Gasteiger partial charge in [-0.05, 0) is 38.5 Å². The van der Waals surface area contributed by atoms with E-state index in [-0.39, 0.29) is 11.9 Å². The number of aryl methyl sites for hydroxylation is 1. The highest BCUT2D eigenvalue weighted by atomic mass is 32.1. The summed E-state index contributed by atoms with van der Waals surface area (Å²) in [5.41, 5.74) is 5.19. The number of benzene rings is 1. The second-order valence-corrected chi connectivity index (χ2v) is 8.09. The van der Waals surface area contributed by atoms with E-state index in [1.165, 1.54) is 11.3 Å². The number of carbonyl (C=O) groups is 1. The molecule has 0 aliphatic carbocycles.